The number of carbonyl (C=O) groups is 3. The maximum Gasteiger partial charge on any atom is 0.409 e. The van der Waals surface area contributed by atoms with Crippen LogP contribution in [0.3, 0.4) is 0 Å². The molecule has 1 aliphatic heterocycles. The van der Waals surface area contributed by atoms with Gasteiger partial charge < -0.3 is 20.1 Å². The van der Waals surface area contributed by atoms with Crippen LogP contribution >= 0.6 is 0 Å². The number of ketones is 1. The minimum atomic E-state index is -1.27. The monoisotopic (exact) mass is 519 g/mol. The number of piperidine rings is 1. The Morgan fingerprint density at radius 2 is 1.68 bits per heavy atom. The van der Waals surface area contributed by atoms with Gasteiger partial charge in [-0.3, -0.25) is 14.9 Å². The van der Waals surface area contributed by atoms with Crippen molar-refractivity contribution in [3.8, 4) is 5.75 Å². The molecule has 0 bridgehead atoms. The van der Waals surface area contributed by atoms with Crippen molar-refractivity contribution in [2.24, 2.45) is 5.92 Å². The molecule has 198 valence electrons. The van der Waals surface area contributed by atoms with Crippen molar-refractivity contribution in [1.29, 1.82) is 0 Å². The third kappa shape index (κ3) is 7.39. The number of hydrogen-bond acceptors (Lipinski definition) is 5. The Balaban J connectivity index is 1.29. The number of amides is 2. The molecular weight excluding hydrogens is 489 g/mol. The van der Waals surface area contributed by atoms with Crippen LogP contribution in [0.25, 0.3) is 0 Å². The summed E-state index contributed by atoms with van der Waals surface area (Å²) in [5, 5.41) is 14.3. The summed E-state index contributed by atoms with van der Waals surface area (Å²) in [5.74, 6) is -0.404. The SMILES string of the molecule is O=C(O)Nc1ccc(OCc2ccccc2)cc1C(=O)NCCN1CCC(C(=O)c2ccc(F)cc2)CC1. The largest absolute Gasteiger partial charge is 0.489 e. The topological polar surface area (TPSA) is 108 Å². The Labute approximate surface area is 220 Å². The summed E-state index contributed by atoms with van der Waals surface area (Å²) in [6, 6.07) is 19.9. The Morgan fingerprint density at radius 3 is 2.37 bits per heavy atom. The molecule has 0 aromatic heterocycles. The van der Waals surface area contributed by atoms with Crippen LogP contribution in [0.15, 0.2) is 72.8 Å². The Morgan fingerprint density at radius 1 is 0.974 bits per heavy atom. The number of benzene rings is 3. The average Bonchev–Trinajstić information content (AvgIpc) is 2.93. The summed E-state index contributed by atoms with van der Waals surface area (Å²) in [4.78, 5) is 39.0. The molecule has 8 nitrogen and oxygen atoms in total. The molecule has 3 N–H and O–H groups in total. The number of hydrogen-bond donors (Lipinski definition) is 3. The number of carbonyl (C=O) groups excluding carboxylic acids is 2. The van der Waals surface area contributed by atoms with Crippen LogP contribution in [0.1, 0.15) is 39.1 Å². The highest BCUT2D eigenvalue weighted by molar-refractivity contribution is 6.02. The predicted molar refractivity (Wildman–Crippen MR) is 141 cm³/mol. The minimum absolute atomic E-state index is 0.0331. The van der Waals surface area contributed by atoms with E-state index in [1.807, 2.05) is 30.3 Å². The van der Waals surface area contributed by atoms with Gasteiger partial charge in [0.05, 0.1) is 11.3 Å². The summed E-state index contributed by atoms with van der Waals surface area (Å²) in [5.41, 5.74) is 1.83. The second kappa shape index (κ2) is 12.8. The molecule has 0 atom stereocenters. The van der Waals surface area contributed by atoms with Gasteiger partial charge in [0.1, 0.15) is 18.2 Å². The zero-order valence-corrected chi connectivity index (χ0v) is 20.9. The van der Waals surface area contributed by atoms with Crippen molar-refractivity contribution in [2.45, 2.75) is 19.4 Å². The third-order valence-corrected chi connectivity index (χ3v) is 6.53. The lowest BCUT2D eigenvalue weighted by Gasteiger charge is -2.31. The molecule has 3 aromatic carbocycles. The molecule has 0 radical (unpaired) electrons. The number of likely N-dealkylation sites (tertiary alicyclic amines) is 1. The van der Waals surface area contributed by atoms with E-state index < -0.39 is 12.0 Å². The van der Waals surface area contributed by atoms with E-state index in [4.69, 9.17) is 9.84 Å². The number of nitrogens with one attached hydrogen (secondary N) is 2. The van der Waals surface area contributed by atoms with Crippen molar-refractivity contribution >= 4 is 23.5 Å². The maximum absolute atomic E-state index is 13.1. The van der Waals surface area contributed by atoms with Gasteiger partial charge >= 0.3 is 6.09 Å². The molecule has 0 spiro atoms. The van der Waals surface area contributed by atoms with Crippen molar-refractivity contribution in [3.05, 3.63) is 95.3 Å². The lowest BCUT2D eigenvalue weighted by atomic mass is 9.89. The lowest BCUT2D eigenvalue weighted by molar-refractivity contribution is 0.0839. The van der Waals surface area contributed by atoms with Gasteiger partial charge in [-0.05, 0) is 74.0 Å². The fourth-order valence-corrected chi connectivity index (χ4v) is 4.46. The second-order valence-electron chi connectivity index (χ2n) is 9.15. The quantitative estimate of drug-likeness (QED) is 0.332. The summed E-state index contributed by atoms with van der Waals surface area (Å²) < 4.78 is 18.9. The van der Waals surface area contributed by atoms with E-state index in [0.717, 1.165) is 5.56 Å². The Hall–Kier alpha value is -4.24. The molecule has 0 saturated carbocycles. The number of Topliss-reactive ketones (excluding diaryl/α,β-unsaturated/α-hetero) is 1. The van der Waals surface area contributed by atoms with Gasteiger partial charge in [-0.15, -0.1) is 0 Å². The lowest BCUT2D eigenvalue weighted by Crippen LogP contribution is -2.41. The molecule has 1 fully saturated rings. The molecule has 3 aromatic rings. The fraction of sp³-hybridized carbons (Fsp3) is 0.276. The van der Waals surface area contributed by atoms with Crippen LogP contribution in [0.2, 0.25) is 0 Å². The van der Waals surface area contributed by atoms with Gasteiger partial charge in [0, 0.05) is 24.6 Å². The summed E-state index contributed by atoms with van der Waals surface area (Å²) in [7, 11) is 0. The van der Waals surface area contributed by atoms with Crippen LogP contribution < -0.4 is 15.4 Å². The van der Waals surface area contributed by atoms with E-state index in [-0.39, 0.29) is 28.8 Å². The molecule has 2 amide bonds. The molecule has 1 heterocycles. The Kier molecular flexibility index (Phi) is 9.05. The maximum atomic E-state index is 13.1. The third-order valence-electron chi connectivity index (χ3n) is 6.53. The number of nitrogens with zero attached hydrogens (tertiary/aromatic N) is 1. The van der Waals surface area contributed by atoms with Crippen LogP contribution in [0.4, 0.5) is 14.9 Å². The molecule has 38 heavy (non-hydrogen) atoms. The zero-order valence-electron chi connectivity index (χ0n) is 20.9. The standard InChI is InChI=1S/C29H30FN3O5/c30-23-8-6-21(7-9-23)27(34)22-12-15-33(16-13-22)17-14-31-28(35)25-18-24(10-11-26(25)32-29(36)37)38-19-20-4-2-1-3-5-20/h1-11,18,22,32H,12-17,19H2,(H,31,35)(H,36,37). The molecule has 1 saturated heterocycles. The summed E-state index contributed by atoms with van der Waals surface area (Å²) >= 11 is 0. The second-order valence-corrected chi connectivity index (χ2v) is 9.15. The first kappa shape index (κ1) is 26.8. The summed E-state index contributed by atoms with van der Waals surface area (Å²) in [6.07, 6.45) is 0.116. The molecule has 0 unspecified atom stereocenters. The van der Waals surface area contributed by atoms with Gasteiger partial charge in [0.15, 0.2) is 5.78 Å². The van der Waals surface area contributed by atoms with Crippen LogP contribution in [0, 0.1) is 11.7 Å². The normalized spacial score (nSPS) is 14.0. The Bertz CT molecular complexity index is 1260. The van der Waals surface area contributed by atoms with Gasteiger partial charge in [-0.2, -0.15) is 0 Å². The highest BCUT2D eigenvalue weighted by atomic mass is 19.1. The number of anilines is 1. The van der Waals surface area contributed by atoms with Gasteiger partial charge in [-0.1, -0.05) is 30.3 Å². The molecule has 9 heteroatoms. The van der Waals surface area contributed by atoms with Gasteiger partial charge in [-0.25, -0.2) is 9.18 Å². The van der Waals surface area contributed by atoms with Crippen LogP contribution in [0.5, 0.6) is 5.75 Å². The molecule has 1 aliphatic rings. The molecule has 0 aliphatic carbocycles. The van der Waals surface area contributed by atoms with Crippen molar-refractivity contribution in [2.75, 3.05) is 31.5 Å². The zero-order chi connectivity index (χ0) is 26.9. The first-order chi connectivity index (χ1) is 18.4. The molecule has 4 rings (SSSR count). The first-order valence-electron chi connectivity index (χ1n) is 12.5. The van der Waals surface area contributed by atoms with Gasteiger partial charge in [0.25, 0.3) is 5.91 Å². The van der Waals surface area contributed by atoms with Crippen molar-refractivity contribution in [3.63, 3.8) is 0 Å². The van der Waals surface area contributed by atoms with Crippen molar-refractivity contribution in [1.82, 2.24) is 10.2 Å². The van der Waals surface area contributed by atoms with E-state index in [2.05, 4.69) is 15.5 Å². The average molecular weight is 520 g/mol. The van der Waals surface area contributed by atoms with Gasteiger partial charge in [0.2, 0.25) is 0 Å². The fourth-order valence-electron chi connectivity index (χ4n) is 4.46. The number of halogens is 1. The number of rotatable bonds is 10. The highest BCUT2D eigenvalue weighted by Crippen LogP contribution is 2.24. The minimum Gasteiger partial charge on any atom is -0.489 e. The van der Waals surface area contributed by atoms with E-state index >= 15 is 0 Å². The smallest absolute Gasteiger partial charge is 0.409 e. The summed E-state index contributed by atoms with van der Waals surface area (Å²) in [6.45, 7) is 2.68. The van der Waals surface area contributed by atoms with E-state index in [9.17, 15) is 18.8 Å². The molecular formula is C29H30FN3O5. The predicted octanol–water partition coefficient (Wildman–Crippen LogP) is 4.82. The van der Waals surface area contributed by atoms with E-state index in [1.54, 1.807) is 6.07 Å². The number of carboxylic acid groups (broad SMARTS) is 1. The van der Waals surface area contributed by atoms with Crippen molar-refractivity contribution < 1.29 is 28.6 Å². The van der Waals surface area contributed by atoms with Crippen LogP contribution in [-0.2, 0) is 6.61 Å². The number of ether oxygens (including phenoxy) is 1. The van der Waals surface area contributed by atoms with E-state index in [0.29, 0.717) is 56.9 Å². The van der Waals surface area contributed by atoms with E-state index in [1.165, 1.54) is 36.4 Å². The first-order valence-corrected chi connectivity index (χ1v) is 12.5. The van der Waals surface area contributed by atoms with Crippen LogP contribution in [-0.4, -0.2) is 54.0 Å². The highest BCUT2D eigenvalue weighted by Gasteiger charge is 2.26.